The molecule has 90 valence electrons. The van der Waals surface area contributed by atoms with E-state index in [1.54, 1.807) is 7.05 Å². The number of esters is 1. The Morgan fingerprint density at radius 2 is 2.31 bits per heavy atom. The molecule has 0 aliphatic carbocycles. The maximum absolute atomic E-state index is 11.6. The second-order valence-electron chi connectivity index (χ2n) is 2.85. The summed E-state index contributed by atoms with van der Waals surface area (Å²) >= 11 is 5.71. The molecule has 0 spiro atoms. The summed E-state index contributed by atoms with van der Waals surface area (Å²) in [5.41, 5.74) is 0. The summed E-state index contributed by atoms with van der Waals surface area (Å²) in [6, 6.07) is 0. The van der Waals surface area contributed by atoms with E-state index in [0.717, 1.165) is 7.11 Å². The van der Waals surface area contributed by atoms with Crippen LogP contribution in [0.25, 0.3) is 0 Å². The van der Waals surface area contributed by atoms with Gasteiger partial charge in [-0.05, 0) is 0 Å². The smallest absolute Gasteiger partial charge is 0.320 e. The number of halogens is 1. The van der Waals surface area contributed by atoms with Gasteiger partial charge in [0.1, 0.15) is 11.7 Å². The zero-order valence-corrected chi connectivity index (χ0v) is 10.2. The van der Waals surface area contributed by atoms with Crippen LogP contribution in [0.2, 0.25) is 5.15 Å². The molecule has 7 nitrogen and oxygen atoms in total. The first-order valence-corrected chi connectivity index (χ1v) is 5.98. The number of sulfonamides is 1. The topological polar surface area (TPSA) is 90.3 Å². The Bertz CT molecular complexity index is 496. The molecule has 16 heavy (non-hydrogen) atoms. The van der Waals surface area contributed by atoms with Gasteiger partial charge in [-0.25, -0.2) is 13.4 Å². The number of nitrogens with zero attached hydrogens (tertiary/aromatic N) is 2. The monoisotopic (exact) mass is 267 g/mol. The molecule has 0 atom stereocenters. The second-order valence-corrected chi connectivity index (χ2v) is 4.89. The van der Waals surface area contributed by atoms with E-state index in [2.05, 4.69) is 9.72 Å². The number of imidazole rings is 1. The summed E-state index contributed by atoms with van der Waals surface area (Å²) in [5, 5.41) is -0.349. The van der Waals surface area contributed by atoms with Crippen molar-refractivity contribution in [1.29, 1.82) is 0 Å². The van der Waals surface area contributed by atoms with Gasteiger partial charge in [0.2, 0.25) is 5.03 Å². The molecule has 0 aliphatic heterocycles. The molecule has 1 aromatic heterocycles. The Kier molecular flexibility index (Phi) is 3.89. The fourth-order valence-corrected chi connectivity index (χ4v) is 2.26. The van der Waals surface area contributed by atoms with E-state index in [1.807, 2.05) is 4.72 Å². The Morgan fingerprint density at radius 3 is 2.75 bits per heavy atom. The molecule has 0 amide bonds. The van der Waals surface area contributed by atoms with Gasteiger partial charge >= 0.3 is 5.97 Å². The van der Waals surface area contributed by atoms with Gasteiger partial charge in [-0.1, -0.05) is 11.6 Å². The molecule has 0 aromatic carbocycles. The maximum Gasteiger partial charge on any atom is 0.320 e. The molecule has 1 N–H and O–H groups in total. The van der Waals surface area contributed by atoms with Crippen molar-refractivity contribution in [1.82, 2.24) is 14.3 Å². The largest absolute Gasteiger partial charge is 0.468 e. The fourth-order valence-electron chi connectivity index (χ4n) is 0.869. The van der Waals surface area contributed by atoms with Gasteiger partial charge in [0.15, 0.2) is 0 Å². The predicted octanol–water partition coefficient (Wildman–Crippen LogP) is -0.475. The van der Waals surface area contributed by atoms with Gasteiger partial charge in [0.25, 0.3) is 10.0 Å². The highest BCUT2D eigenvalue weighted by atomic mass is 35.5. The number of carbonyl (C=O) groups is 1. The molecule has 0 radical (unpaired) electrons. The lowest BCUT2D eigenvalue weighted by Gasteiger charge is -2.03. The van der Waals surface area contributed by atoms with Crippen molar-refractivity contribution < 1.29 is 17.9 Å². The Balaban J connectivity index is 2.87. The summed E-state index contributed by atoms with van der Waals surface area (Å²) in [5.74, 6) is -0.698. The lowest BCUT2D eigenvalue weighted by Crippen LogP contribution is -2.30. The molecule has 0 unspecified atom stereocenters. The highest BCUT2D eigenvalue weighted by molar-refractivity contribution is 7.89. The molecule has 0 aliphatic rings. The van der Waals surface area contributed by atoms with Gasteiger partial charge in [-0.2, -0.15) is 4.72 Å². The van der Waals surface area contributed by atoms with Gasteiger partial charge in [-0.3, -0.25) is 4.79 Å². The first-order chi connectivity index (χ1) is 7.38. The molecule has 9 heteroatoms. The second kappa shape index (κ2) is 4.81. The molecule has 0 fully saturated rings. The summed E-state index contributed by atoms with van der Waals surface area (Å²) < 4.78 is 30.9. The van der Waals surface area contributed by atoms with E-state index in [4.69, 9.17) is 11.6 Å². The number of aromatic nitrogens is 2. The van der Waals surface area contributed by atoms with Crippen LogP contribution in [0.15, 0.2) is 11.4 Å². The maximum atomic E-state index is 11.6. The Morgan fingerprint density at radius 1 is 1.69 bits per heavy atom. The first-order valence-electron chi connectivity index (χ1n) is 4.11. The van der Waals surface area contributed by atoms with Gasteiger partial charge < -0.3 is 9.30 Å². The normalized spacial score (nSPS) is 11.4. The molecule has 1 aromatic rings. The SMILES string of the molecule is COC(=O)CNS(=O)(=O)c1ncn(C)c1Cl. The van der Waals surface area contributed by atoms with Crippen molar-refractivity contribution in [3.63, 3.8) is 0 Å². The van der Waals surface area contributed by atoms with Crippen molar-refractivity contribution in [3.05, 3.63) is 11.5 Å². The molecule has 1 heterocycles. The van der Waals surface area contributed by atoms with E-state index >= 15 is 0 Å². The fraction of sp³-hybridized carbons (Fsp3) is 0.429. The minimum Gasteiger partial charge on any atom is -0.468 e. The van der Waals surface area contributed by atoms with Crippen LogP contribution in [0.3, 0.4) is 0 Å². The average Bonchev–Trinajstić information content (AvgIpc) is 2.57. The van der Waals surface area contributed by atoms with E-state index in [0.29, 0.717) is 0 Å². The summed E-state index contributed by atoms with van der Waals surface area (Å²) in [4.78, 5) is 14.4. The Hall–Kier alpha value is -1.12. The highest BCUT2D eigenvalue weighted by Crippen LogP contribution is 2.17. The van der Waals surface area contributed by atoms with Crippen LogP contribution >= 0.6 is 11.6 Å². The van der Waals surface area contributed by atoms with Crippen LogP contribution in [0.4, 0.5) is 0 Å². The third-order valence-electron chi connectivity index (χ3n) is 1.72. The van der Waals surface area contributed by atoms with Crippen LogP contribution < -0.4 is 4.72 Å². The average molecular weight is 268 g/mol. The third-order valence-corrected chi connectivity index (χ3v) is 3.61. The number of ether oxygens (including phenoxy) is 1. The molecular weight excluding hydrogens is 258 g/mol. The summed E-state index contributed by atoms with van der Waals surface area (Å²) in [6.45, 7) is -0.467. The lowest BCUT2D eigenvalue weighted by atomic mass is 10.7. The zero-order chi connectivity index (χ0) is 12.3. The quantitative estimate of drug-likeness (QED) is 0.745. The van der Waals surface area contributed by atoms with Crippen molar-refractivity contribution >= 4 is 27.6 Å². The van der Waals surface area contributed by atoms with Crippen LogP contribution in [-0.2, 0) is 26.6 Å². The Labute approximate surface area is 97.4 Å². The number of rotatable bonds is 4. The number of hydrogen-bond acceptors (Lipinski definition) is 5. The molecule has 0 bridgehead atoms. The third kappa shape index (κ3) is 2.71. The van der Waals surface area contributed by atoms with E-state index in [1.165, 1.54) is 10.9 Å². The van der Waals surface area contributed by atoms with E-state index < -0.39 is 22.5 Å². The van der Waals surface area contributed by atoms with Crippen LogP contribution in [0, 0.1) is 0 Å². The van der Waals surface area contributed by atoms with Crippen LogP contribution in [-0.4, -0.2) is 37.6 Å². The minimum atomic E-state index is -3.89. The molecular formula is C7H10ClN3O4S. The molecule has 0 saturated heterocycles. The van der Waals surface area contributed by atoms with Gasteiger partial charge in [0.05, 0.1) is 13.4 Å². The predicted molar refractivity (Wildman–Crippen MR) is 55.4 cm³/mol. The summed E-state index contributed by atoms with van der Waals surface area (Å²) in [6.07, 6.45) is 1.26. The van der Waals surface area contributed by atoms with Crippen LogP contribution in [0.5, 0.6) is 0 Å². The number of methoxy groups -OCH3 is 1. The highest BCUT2D eigenvalue weighted by Gasteiger charge is 2.22. The lowest BCUT2D eigenvalue weighted by molar-refractivity contribution is -0.139. The van der Waals surface area contributed by atoms with Gasteiger partial charge in [-0.15, -0.1) is 0 Å². The van der Waals surface area contributed by atoms with Gasteiger partial charge in [0, 0.05) is 7.05 Å². The van der Waals surface area contributed by atoms with E-state index in [9.17, 15) is 13.2 Å². The standard InChI is InChI=1S/C7H10ClN3O4S/c1-11-4-9-7(6(11)8)16(13,14)10-3-5(12)15-2/h4,10H,3H2,1-2H3. The first kappa shape index (κ1) is 12.9. The summed E-state index contributed by atoms with van der Waals surface area (Å²) in [7, 11) is -1.18. The van der Waals surface area contributed by atoms with Crippen molar-refractivity contribution in [2.24, 2.45) is 7.05 Å². The molecule has 0 saturated carbocycles. The van der Waals surface area contributed by atoms with Crippen molar-refractivity contribution in [3.8, 4) is 0 Å². The number of carbonyl (C=O) groups excluding carboxylic acids is 1. The number of aryl methyl sites for hydroxylation is 1. The zero-order valence-electron chi connectivity index (χ0n) is 8.60. The molecule has 1 rings (SSSR count). The minimum absolute atomic E-state index is 0.0302. The number of nitrogens with one attached hydrogen (secondary N) is 1. The van der Waals surface area contributed by atoms with Crippen molar-refractivity contribution in [2.75, 3.05) is 13.7 Å². The number of hydrogen-bond donors (Lipinski definition) is 1. The van der Waals surface area contributed by atoms with Crippen LogP contribution in [0.1, 0.15) is 0 Å². The van der Waals surface area contributed by atoms with E-state index in [-0.39, 0.29) is 10.2 Å². The van der Waals surface area contributed by atoms with Crippen molar-refractivity contribution in [2.45, 2.75) is 5.03 Å².